The Labute approximate surface area is 218 Å². The number of pyridine rings is 1. The lowest BCUT2D eigenvalue weighted by Crippen LogP contribution is -2.42. The van der Waals surface area contributed by atoms with Gasteiger partial charge in [0.25, 0.3) is 0 Å². The van der Waals surface area contributed by atoms with Crippen LogP contribution in [0.4, 0.5) is 4.79 Å². The first-order valence-corrected chi connectivity index (χ1v) is 12.5. The molecule has 4 heterocycles. The second-order valence-corrected chi connectivity index (χ2v) is 10.1. The van der Waals surface area contributed by atoms with Gasteiger partial charge in [-0.25, -0.2) is 19.7 Å². The van der Waals surface area contributed by atoms with Crippen LogP contribution < -0.4 is 9.62 Å². The van der Waals surface area contributed by atoms with E-state index in [0.717, 1.165) is 30.5 Å². The predicted octanol–water partition coefficient (Wildman–Crippen LogP) is 4.97. The van der Waals surface area contributed by atoms with Gasteiger partial charge in [0, 0.05) is 30.9 Å². The zero-order valence-corrected chi connectivity index (χ0v) is 21.2. The number of amides is 1. The van der Waals surface area contributed by atoms with E-state index in [4.69, 9.17) is 31.1 Å². The van der Waals surface area contributed by atoms with Crippen LogP contribution in [0.5, 0.6) is 11.6 Å². The molecule has 1 aliphatic carbocycles. The molecule has 2 aliphatic rings. The quantitative estimate of drug-likeness (QED) is 0.248. The number of carbonyl (C=O) groups is 1. The molecule has 3 aromatic heterocycles. The average molecular weight is 521 g/mol. The molecule has 0 radical (unpaired) electrons. The molecule has 0 unspecified atom stereocenters. The number of aromatic nitrogens is 5. The predicted molar refractivity (Wildman–Crippen MR) is 135 cm³/mol. The molecule has 0 atom stereocenters. The number of halogens is 1. The van der Waals surface area contributed by atoms with Gasteiger partial charge in [-0.3, -0.25) is 9.87 Å². The summed E-state index contributed by atoms with van der Waals surface area (Å²) in [5.41, 5.74) is 3.55. The highest BCUT2D eigenvalue weighted by Crippen LogP contribution is 2.41. The first-order valence-electron chi connectivity index (χ1n) is 12.1. The van der Waals surface area contributed by atoms with Crippen LogP contribution >= 0.6 is 11.6 Å². The van der Waals surface area contributed by atoms with Crippen LogP contribution in [-0.2, 0) is 11.4 Å². The molecular formula is C26H25ClN6O4. The third-order valence-corrected chi connectivity index (χ3v) is 6.91. The number of hydrogen-bond donors (Lipinski definition) is 0. The van der Waals surface area contributed by atoms with Gasteiger partial charge in [0.2, 0.25) is 5.88 Å². The number of likely N-dealkylation sites (tertiary alicyclic amines) is 1. The molecule has 1 saturated carbocycles. The summed E-state index contributed by atoms with van der Waals surface area (Å²) in [4.78, 5) is 42.0. The Hall–Kier alpha value is -3.92. The van der Waals surface area contributed by atoms with Crippen molar-refractivity contribution in [3.63, 3.8) is 0 Å². The smallest absolute Gasteiger partial charge is 0.452 e. The molecule has 1 saturated heterocycles. The lowest BCUT2D eigenvalue weighted by atomic mass is 10.2. The summed E-state index contributed by atoms with van der Waals surface area (Å²) in [5.74, 6) is 1.33. The highest BCUT2D eigenvalue weighted by Gasteiger charge is 2.41. The second kappa shape index (κ2) is 9.19. The van der Waals surface area contributed by atoms with Crippen LogP contribution in [0.25, 0.3) is 22.6 Å². The van der Waals surface area contributed by atoms with E-state index in [1.807, 2.05) is 23.6 Å². The third kappa shape index (κ3) is 4.76. The molecule has 4 aromatic rings. The molecule has 2 fully saturated rings. The van der Waals surface area contributed by atoms with Crippen molar-refractivity contribution >= 4 is 28.9 Å². The summed E-state index contributed by atoms with van der Waals surface area (Å²) < 4.78 is 8.14. The van der Waals surface area contributed by atoms with E-state index in [-0.39, 0.29) is 5.60 Å². The van der Waals surface area contributed by atoms with E-state index >= 15 is 0 Å². The molecule has 37 heavy (non-hydrogen) atoms. The summed E-state index contributed by atoms with van der Waals surface area (Å²) in [6.45, 7) is 5.83. The van der Waals surface area contributed by atoms with Gasteiger partial charge in [-0.05, 0) is 62.9 Å². The molecule has 6 rings (SSSR count). The first kappa shape index (κ1) is 23.5. The van der Waals surface area contributed by atoms with Gasteiger partial charge in [0.1, 0.15) is 17.8 Å². The highest BCUT2D eigenvalue weighted by molar-refractivity contribution is 6.33. The van der Waals surface area contributed by atoms with Crippen molar-refractivity contribution in [2.75, 3.05) is 13.1 Å². The van der Waals surface area contributed by atoms with E-state index in [2.05, 4.69) is 21.9 Å². The van der Waals surface area contributed by atoms with Gasteiger partial charge in [0.15, 0.2) is 16.9 Å². The Bertz CT molecular complexity index is 1500. The van der Waals surface area contributed by atoms with Crippen LogP contribution in [0.2, 0.25) is 5.02 Å². The topological polar surface area (TPSA) is 104 Å². The van der Waals surface area contributed by atoms with E-state index in [9.17, 15) is 4.79 Å². The van der Waals surface area contributed by atoms with E-state index in [0.29, 0.717) is 58.8 Å². The van der Waals surface area contributed by atoms with Crippen molar-refractivity contribution in [3.8, 4) is 23.0 Å². The van der Waals surface area contributed by atoms with Gasteiger partial charge >= 0.3 is 6.09 Å². The molecule has 0 bridgehead atoms. The minimum atomic E-state index is -0.519. The molecule has 190 valence electrons. The maximum absolute atomic E-state index is 12.0. The van der Waals surface area contributed by atoms with Crippen molar-refractivity contribution < 1.29 is 19.3 Å². The molecule has 10 nitrogen and oxygen atoms in total. The molecule has 0 spiro atoms. The Balaban J connectivity index is 1.37. The number of ether oxygens (including phenoxy) is 1. The van der Waals surface area contributed by atoms with Gasteiger partial charge in [-0.1, -0.05) is 11.6 Å². The molecule has 11 heteroatoms. The summed E-state index contributed by atoms with van der Waals surface area (Å²) in [7, 11) is 0. The van der Waals surface area contributed by atoms with Crippen molar-refractivity contribution in [2.45, 2.75) is 45.3 Å². The normalized spacial score (nSPS) is 15.8. The minimum absolute atomic E-state index is 0.229. The summed E-state index contributed by atoms with van der Waals surface area (Å²) in [5, 5.41) is 0.371. The average Bonchev–Trinajstić information content (AvgIpc) is 3.45. The summed E-state index contributed by atoms with van der Waals surface area (Å²) in [6, 6.07) is 9.00. The van der Waals surface area contributed by atoms with Gasteiger partial charge < -0.3 is 14.2 Å². The maximum Gasteiger partial charge on any atom is 0.452 e. The Morgan fingerprint density at radius 3 is 2.68 bits per heavy atom. The molecule has 1 aliphatic heterocycles. The number of imidazole rings is 1. The zero-order chi connectivity index (χ0) is 25.6. The Morgan fingerprint density at radius 1 is 1.14 bits per heavy atom. The molecule has 1 aromatic carbocycles. The number of fused-ring (bicyclic) bond motifs is 1. The van der Waals surface area contributed by atoms with Crippen LogP contribution in [0, 0.1) is 6.92 Å². The fraction of sp³-hybridized carbons (Fsp3) is 0.346. The van der Waals surface area contributed by atoms with E-state index in [1.165, 1.54) is 6.33 Å². The Morgan fingerprint density at radius 2 is 1.97 bits per heavy atom. The number of aryl methyl sites for hydroxylation is 1. The standard InChI is InChI=1S/C26H25ClN6O4/c1-16-6-9-28-17(12-16)14-33-22(31-21-23(33)29-15-30-24(21)35-26(2)7-8-26)19-5-4-18(13-20(19)27)36-37-25(34)32-10-3-11-32/h4-6,9,12-13,15H,3,7-8,10-11,14H2,1-2H3. The fourth-order valence-corrected chi connectivity index (χ4v) is 4.32. The number of hydrogen-bond acceptors (Lipinski definition) is 8. The van der Waals surface area contributed by atoms with Crippen molar-refractivity contribution in [1.29, 1.82) is 0 Å². The maximum atomic E-state index is 12.0. The fourth-order valence-electron chi connectivity index (χ4n) is 4.07. The molecular weight excluding hydrogens is 496 g/mol. The van der Waals surface area contributed by atoms with Crippen LogP contribution in [-0.4, -0.2) is 54.2 Å². The van der Waals surface area contributed by atoms with Crippen LogP contribution in [0.1, 0.15) is 37.4 Å². The lowest BCUT2D eigenvalue weighted by molar-refractivity contribution is -0.157. The van der Waals surface area contributed by atoms with Crippen molar-refractivity contribution in [1.82, 2.24) is 29.4 Å². The number of rotatable bonds is 7. The third-order valence-electron chi connectivity index (χ3n) is 6.59. The minimum Gasteiger partial charge on any atom is -0.470 e. The SMILES string of the molecule is Cc1ccnc(Cn2c(-c3ccc(OOC(=O)N4CCC4)cc3Cl)nc3c(OC4(C)CC4)ncnc32)c1. The number of benzene rings is 1. The monoisotopic (exact) mass is 520 g/mol. The van der Waals surface area contributed by atoms with Gasteiger partial charge in [-0.2, -0.15) is 4.98 Å². The molecule has 1 amide bonds. The van der Waals surface area contributed by atoms with Crippen molar-refractivity contribution in [2.24, 2.45) is 0 Å². The largest absolute Gasteiger partial charge is 0.470 e. The number of carbonyl (C=O) groups excluding carboxylic acids is 1. The van der Waals surface area contributed by atoms with Gasteiger partial charge in [-0.15, -0.1) is 0 Å². The second-order valence-electron chi connectivity index (χ2n) is 9.66. The Kier molecular flexibility index (Phi) is 5.83. The molecule has 0 N–H and O–H groups in total. The summed E-state index contributed by atoms with van der Waals surface area (Å²) in [6.07, 6.45) is 5.64. The van der Waals surface area contributed by atoms with Crippen LogP contribution in [0.3, 0.4) is 0 Å². The van der Waals surface area contributed by atoms with Crippen LogP contribution in [0.15, 0.2) is 42.9 Å². The van der Waals surface area contributed by atoms with Gasteiger partial charge in [0.05, 0.1) is 17.3 Å². The van der Waals surface area contributed by atoms with E-state index < -0.39 is 6.09 Å². The zero-order valence-electron chi connectivity index (χ0n) is 20.5. The van der Waals surface area contributed by atoms with E-state index in [1.54, 1.807) is 29.3 Å². The lowest BCUT2D eigenvalue weighted by Gasteiger charge is -2.28. The van der Waals surface area contributed by atoms with Crippen molar-refractivity contribution in [3.05, 3.63) is 59.1 Å². The first-order chi connectivity index (χ1) is 17.9. The highest BCUT2D eigenvalue weighted by atomic mass is 35.5. The summed E-state index contributed by atoms with van der Waals surface area (Å²) >= 11 is 6.70. The number of nitrogens with zero attached hydrogens (tertiary/aromatic N) is 6.